The number of rotatable bonds is 2. The lowest BCUT2D eigenvalue weighted by atomic mass is 10.1. The van der Waals surface area contributed by atoms with Gasteiger partial charge in [-0.25, -0.2) is 0 Å². The molecule has 1 aromatic carbocycles. The van der Waals surface area contributed by atoms with E-state index >= 15 is 0 Å². The van der Waals surface area contributed by atoms with Crippen molar-refractivity contribution in [2.45, 2.75) is 6.04 Å². The molecule has 0 fully saturated rings. The minimum Gasteiger partial charge on any atom is -0.388 e. The molecule has 2 N–H and O–H groups in total. The van der Waals surface area contributed by atoms with Crippen LogP contribution in [0, 0.1) is 0 Å². The predicted molar refractivity (Wildman–Crippen MR) is 56.7 cm³/mol. The Morgan fingerprint density at radius 3 is 2.93 bits per heavy atom. The number of nitrogens with zero attached hydrogens (tertiary/aromatic N) is 1. The van der Waals surface area contributed by atoms with E-state index in [0.29, 0.717) is 12.4 Å². The van der Waals surface area contributed by atoms with Gasteiger partial charge in [0.15, 0.2) is 0 Å². The van der Waals surface area contributed by atoms with E-state index in [9.17, 15) is 0 Å². The Morgan fingerprint density at radius 2 is 2.29 bits per heavy atom. The molecule has 1 heterocycles. The zero-order valence-corrected chi connectivity index (χ0v) is 8.33. The summed E-state index contributed by atoms with van der Waals surface area (Å²) < 4.78 is 0. The first-order valence-corrected chi connectivity index (χ1v) is 4.84. The number of nitrogens with one attached hydrogen (secondary N) is 1. The second-order valence-corrected chi connectivity index (χ2v) is 3.57. The fourth-order valence-corrected chi connectivity index (χ4v) is 1.79. The SMILES string of the molecule is OCC1=NCC(c2ccccc2Cl)N1. The quantitative estimate of drug-likeness (QED) is 0.775. The smallest absolute Gasteiger partial charge is 0.123 e. The molecule has 0 saturated heterocycles. The van der Waals surface area contributed by atoms with Crippen LogP contribution in [0.4, 0.5) is 0 Å². The largest absolute Gasteiger partial charge is 0.388 e. The number of halogens is 1. The van der Waals surface area contributed by atoms with E-state index in [1.54, 1.807) is 0 Å². The monoisotopic (exact) mass is 210 g/mol. The van der Waals surface area contributed by atoms with Gasteiger partial charge in [0.05, 0.1) is 12.6 Å². The summed E-state index contributed by atoms with van der Waals surface area (Å²) in [4.78, 5) is 4.15. The molecule has 0 amide bonds. The van der Waals surface area contributed by atoms with Gasteiger partial charge in [-0.2, -0.15) is 0 Å². The third-order valence-electron chi connectivity index (χ3n) is 2.24. The van der Waals surface area contributed by atoms with Crippen LogP contribution in [0.25, 0.3) is 0 Å². The van der Waals surface area contributed by atoms with E-state index in [0.717, 1.165) is 10.6 Å². The third kappa shape index (κ3) is 1.74. The molecular weight excluding hydrogens is 200 g/mol. The van der Waals surface area contributed by atoms with Gasteiger partial charge in [0.1, 0.15) is 12.4 Å². The number of aliphatic hydroxyl groups excluding tert-OH is 1. The third-order valence-corrected chi connectivity index (χ3v) is 2.58. The van der Waals surface area contributed by atoms with Crippen LogP contribution in [0.2, 0.25) is 5.02 Å². The fourth-order valence-electron chi connectivity index (χ4n) is 1.52. The van der Waals surface area contributed by atoms with E-state index < -0.39 is 0 Å². The van der Waals surface area contributed by atoms with Gasteiger partial charge in [-0.3, -0.25) is 4.99 Å². The lowest BCUT2D eigenvalue weighted by Gasteiger charge is -2.12. The maximum atomic E-state index is 8.87. The van der Waals surface area contributed by atoms with Gasteiger partial charge in [-0.05, 0) is 11.6 Å². The Labute approximate surface area is 87.4 Å². The van der Waals surface area contributed by atoms with Crippen molar-refractivity contribution in [2.24, 2.45) is 4.99 Å². The molecule has 1 aromatic rings. The molecule has 0 saturated carbocycles. The van der Waals surface area contributed by atoms with Crippen LogP contribution in [-0.2, 0) is 0 Å². The number of aliphatic imine (C=N–C) groups is 1. The highest BCUT2D eigenvalue weighted by atomic mass is 35.5. The summed E-state index contributed by atoms with van der Waals surface area (Å²) in [5.41, 5.74) is 1.03. The minimum atomic E-state index is -0.0407. The maximum absolute atomic E-state index is 8.87. The molecule has 1 atom stereocenters. The second kappa shape index (κ2) is 3.98. The molecule has 4 heteroatoms. The minimum absolute atomic E-state index is 0.0407. The normalized spacial score (nSPS) is 20.4. The summed E-state index contributed by atoms with van der Waals surface area (Å²) in [5.74, 6) is 0.634. The zero-order valence-electron chi connectivity index (χ0n) is 7.57. The summed E-state index contributed by atoms with van der Waals surface area (Å²) in [7, 11) is 0. The summed E-state index contributed by atoms with van der Waals surface area (Å²) in [6, 6.07) is 7.77. The molecule has 2 rings (SSSR count). The first-order valence-electron chi connectivity index (χ1n) is 4.46. The molecule has 74 valence electrons. The maximum Gasteiger partial charge on any atom is 0.123 e. The Bertz CT molecular complexity index is 365. The van der Waals surface area contributed by atoms with Crippen molar-refractivity contribution in [3.05, 3.63) is 34.9 Å². The van der Waals surface area contributed by atoms with Gasteiger partial charge < -0.3 is 10.4 Å². The topological polar surface area (TPSA) is 44.6 Å². The van der Waals surface area contributed by atoms with Crippen molar-refractivity contribution in [2.75, 3.05) is 13.2 Å². The molecule has 0 spiro atoms. The van der Waals surface area contributed by atoms with Gasteiger partial charge >= 0.3 is 0 Å². The Balaban J connectivity index is 2.16. The van der Waals surface area contributed by atoms with Gasteiger partial charge in [0, 0.05) is 5.02 Å². The molecule has 14 heavy (non-hydrogen) atoms. The number of benzene rings is 1. The first kappa shape index (κ1) is 9.49. The number of hydrogen-bond acceptors (Lipinski definition) is 3. The average Bonchev–Trinajstić information content (AvgIpc) is 2.67. The van der Waals surface area contributed by atoms with Crippen molar-refractivity contribution in [1.29, 1.82) is 0 Å². The first-order chi connectivity index (χ1) is 6.81. The molecule has 1 aliphatic heterocycles. The summed E-state index contributed by atoms with van der Waals surface area (Å²) in [6.07, 6.45) is 0. The van der Waals surface area contributed by atoms with E-state index in [2.05, 4.69) is 10.3 Å². The highest BCUT2D eigenvalue weighted by Gasteiger charge is 2.19. The van der Waals surface area contributed by atoms with Crippen LogP contribution in [0.15, 0.2) is 29.3 Å². The molecule has 0 bridgehead atoms. The predicted octanol–water partition coefficient (Wildman–Crippen LogP) is 1.38. The van der Waals surface area contributed by atoms with Crippen LogP contribution >= 0.6 is 11.6 Å². The second-order valence-electron chi connectivity index (χ2n) is 3.16. The Morgan fingerprint density at radius 1 is 1.50 bits per heavy atom. The summed E-state index contributed by atoms with van der Waals surface area (Å²) >= 11 is 6.04. The van der Waals surface area contributed by atoms with E-state index in [1.807, 2.05) is 24.3 Å². The standard InChI is InChI=1S/C10H11ClN2O/c11-8-4-2-1-3-7(8)9-5-12-10(6-14)13-9/h1-4,9,14H,5-6H2,(H,12,13). The summed E-state index contributed by atoms with van der Waals surface area (Å²) in [6.45, 7) is 0.598. The molecule has 0 radical (unpaired) electrons. The Hall–Kier alpha value is -1.06. The van der Waals surface area contributed by atoms with E-state index in [4.69, 9.17) is 16.7 Å². The van der Waals surface area contributed by atoms with E-state index in [1.165, 1.54) is 0 Å². The van der Waals surface area contributed by atoms with Crippen molar-refractivity contribution >= 4 is 17.4 Å². The number of aliphatic hydroxyl groups is 1. The highest BCUT2D eigenvalue weighted by Crippen LogP contribution is 2.24. The van der Waals surface area contributed by atoms with Crippen LogP contribution < -0.4 is 5.32 Å². The average molecular weight is 211 g/mol. The highest BCUT2D eigenvalue weighted by molar-refractivity contribution is 6.31. The zero-order chi connectivity index (χ0) is 9.97. The fraction of sp³-hybridized carbons (Fsp3) is 0.300. The van der Waals surface area contributed by atoms with Gasteiger partial charge in [0.2, 0.25) is 0 Å². The van der Waals surface area contributed by atoms with Crippen LogP contribution in [-0.4, -0.2) is 24.1 Å². The molecule has 1 unspecified atom stereocenters. The van der Waals surface area contributed by atoms with Crippen LogP contribution in [0.3, 0.4) is 0 Å². The van der Waals surface area contributed by atoms with Crippen molar-refractivity contribution in [3.63, 3.8) is 0 Å². The van der Waals surface area contributed by atoms with Gasteiger partial charge in [0.25, 0.3) is 0 Å². The molecule has 0 aromatic heterocycles. The van der Waals surface area contributed by atoms with Crippen molar-refractivity contribution < 1.29 is 5.11 Å². The van der Waals surface area contributed by atoms with E-state index in [-0.39, 0.29) is 12.6 Å². The van der Waals surface area contributed by atoms with Crippen molar-refractivity contribution in [3.8, 4) is 0 Å². The number of hydrogen-bond donors (Lipinski definition) is 2. The number of amidine groups is 1. The molecular formula is C10H11ClN2O. The van der Waals surface area contributed by atoms with Crippen LogP contribution in [0.5, 0.6) is 0 Å². The molecule has 1 aliphatic rings. The van der Waals surface area contributed by atoms with Crippen LogP contribution in [0.1, 0.15) is 11.6 Å². The molecule has 0 aliphatic carbocycles. The lowest BCUT2D eigenvalue weighted by molar-refractivity contribution is 0.353. The van der Waals surface area contributed by atoms with Gasteiger partial charge in [-0.1, -0.05) is 29.8 Å². The van der Waals surface area contributed by atoms with Gasteiger partial charge in [-0.15, -0.1) is 0 Å². The summed E-state index contributed by atoms with van der Waals surface area (Å²) in [5, 5.41) is 12.7. The Kier molecular flexibility index (Phi) is 2.70. The lowest BCUT2D eigenvalue weighted by Crippen LogP contribution is -2.25. The molecule has 3 nitrogen and oxygen atoms in total. The van der Waals surface area contributed by atoms with Crippen molar-refractivity contribution in [1.82, 2.24) is 5.32 Å².